The van der Waals surface area contributed by atoms with Crippen LogP contribution in [0, 0.1) is 3.77 Å². The molecule has 0 saturated carbocycles. The van der Waals surface area contributed by atoms with E-state index in [-0.39, 0.29) is 12.5 Å². The number of amides is 1. The predicted molar refractivity (Wildman–Crippen MR) is 88.5 cm³/mol. The SMILES string of the molecule is CCc1ccc(OCC(=O)N/N=C/c2ccc(I)o2)cc1. The van der Waals surface area contributed by atoms with Gasteiger partial charge in [0.1, 0.15) is 11.5 Å². The lowest BCUT2D eigenvalue weighted by molar-refractivity contribution is -0.123. The maximum absolute atomic E-state index is 11.6. The third-order valence-corrected chi connectivity index (χ3v) is 3.26. The summed E-state index contributed by atoms with van der Waals surface area (Å²) in [5.74, 6) is 0.912. The number of nitrogens with zero attached hydrogens (tertiary/aromatic N) is 1. The van der Waals surface area contributed by atoms with E-state index < -0.39 is 0 Å². The van der Waals surface area contributed by atoms with Gasteiger partial charge in [0, 0.05) is 0 Å². The lowest BCUT2D eigenvalue weighted by Crippen LogP contribution is -2.24. The summed E-state index contributed by atoms with van der Waals surface area (Å²) in [6.45, 7) is 2.00. The fraction of sp³-hybridized carbons (Fsp3) is 0.200. The van der Waals surface area contributed by atoms with E-state index in [2.05, 4.69) is 40.0 Å². The van der Waals surface area contributed by atoms with E-state index in [0.29, 0.717) is 11.5 Å². The van der Waals surface area contributed by atoms with Gasteiger partial charge in [-0.2, -0.15) is 5.10 Å². The molecular formula is C15H15IN2O3. The molecule has 0 aliphatic heterocycles. The number of rotatable bonds is 6. The minimum Gasteiger partial charge on any atom is -0.484 e. The van der Waals surface area contributed by atoms with Crippen LogP contribution in [0.1, 0.15) is 18.2 Å². The fourth-order valence-corrected chi connectivity index (χ4v) is 2.00. The Morgan fingerprint density at radius 3 is 2.71 bits per heavy atom. The molecule has 0 atom stereocenters. The second kappa shape index (κ2) is 7.82. The Bertz CT molecular complexity index is 620. The molecule has 1 N–H and O–H groups in total. The summed E-state index contributed by atoms with van der Waals surface area (Å²) in [6, 6.07) is 11.2. The van der Waals surface area contributed by atoms with Gasteiger partial charge >= 0.3 is 0 Å². The molecule has 0 bridgehead atoms. The topological polar surface area (TPSA) is 63.8 Å². The molecule has 6 heteroatoms. The molecule has 1 amide bonds. The first-order valence-electron chi connectivity index (χ1n) is 6.46. The van der Waals surface area contributed by atoms with Crippen LogP contribution in [-0.4, -0.2) is 18.7 Å². The van der Waals surface area contributed by atoms with Crippen molar-refractivity contribution in [3.8, 4) is 5.75 Å². The van der Waals surface area contributed by atoms with Gasteiger partial charge in [0.2, 0.25) is 0 Å². The van der Waals surface area contributed by atoms with E-state index >= 15 is 0 Å². The zero-order valence-electron chi connectivity index (χ0n) is 11.5. The highest BCUT2D eigenvalue weighted by Crippen LogP contribution is 2.12. The van der Waals surface area contributed by atoms with Gasteiger partial charge in [-0.05, 0) is 58.8 Å². The number of hydrazone groups is 1. The number of hydrogen-bond acceptors (Lipinski definition) is 4. The third-order valence-electron chi connectivity index (χ3n) is 2.68. The van der Waals surface area contributed by atoms with E-state index in [1.165, 1.54) is 11.8 Å². The summed E-state index contributed by atoms with van der Waals surface area (Å²) in [7, 11) is 0. The second-order valence-corrected chi connectivity index (χ2v) is 5.28. The van der Waals surface area contributed by atoms with Crippen molar-refractivity contribution in [3.05, 3.63) is 51.5 Å². The first kappa shape index (κ1) is 15.6. The van der Waals surface area contributed by atoms with E-state index in [4.69, 9.17) is 9.15 Å². The average molecular weight is 398 g/mol. The van der Waals surface area contributed by atoms with E-state index in [1.54, 1.807) is 6.07 Å². The van der Waals surface area contributed by atoms with Crippen LogP contribution in [0.2, 0.25) is 0 Å². The van der Waals surface area contributed by atoms with Crippen molar-refractivity contribution in [3.63, 3.8) is 0 Å². The fourth-order valence-electron chi connectivity index (χ4n) is 1.57. The summed E-state index contributed by atoms with van der Waals surface area (Å²) in [6.07, 6.45) is 2.41. The number of benzene rings is 1. The number of halogens is 1. The molecule has 1 aromatic heterocycles. The number of ether oxygens (including phenoxy) is 1. The molecule has 0 spiro atoms. The minimum atomic E-state index is -0.327. The van der Waals surface area contributed by atoms with Gasteiger partial charge in [0.25, 0.3) is 5.91 Å². The molecule has 21 heavy (non-hydrogen) atoms. The monoisotopic (exact) mass is 398 g/mol. The zero-order valence-corrected chi connectivity index (χ0v) is 13.7. The van der Waals surface area contributed by atoms with Gasteiger partial charge < -0.3 is 9.15 Å². The normalized spacial score (nSPS) is 10.8. The van der Waals surface area contributed by atoms with E-state index in [1.807, 2.05) is 30.3 Å². The second-order valence-electron chi connectivity index (χ2n) is 4.22. The largest absolute Gasteiger partial charge is 0.484 e. The van der Waals surface area contributed by atoms with E-state index in [9.17, 15) is 4.79 Å². The van der Waals surface area contributed by atoms with Crippen LogP contribution in [0.3, 0.4) is 0 Å². The number of nitrogens with one attached hydrogen (secondary N) is 1. The maximum Gasteiger partial charge on any atom is 0.277 e. The number of furan rings is 1. The molecule has 1 aromatic carbocycles. The van der Waals surface area contributed by atoms with Crippen molar-refractivity contribution < 1.29 is 13.9 Å². The Balaban J connectivity index is 1.75. The molecule has 0 radical (unpaired) electrons. The van der Waals surface area contributed by atoms with Crippen LogP contribution in [0.25, 0.3) is 0 Å². The molecule has 5 nitrogen and oxygen atoms in total. The molecular weight excluding hydrogens is 383 g/mol. The average Bonchev–Trinajstić information content (AvgIpc) is 2.91. The van der Waals surface area contributed by atoms with Crippen molar-refractivity contribution in [1.82, 2.24) is 5.43 Å². The maximum atomic E-state index is 11.6. The Morgan fingerprint density at radius 2 is 2.10 bits per heavy atom. The van der Waals surface area contributed by atoms with Crippen molar-refractivity contribution in [2.75, 3.05) is 6.61 Å². The highest BCUT2D eigenvalue weighted by Gasteiger charge is 2.02. The van der Waals surface area contributed by atoms with Crippen molar-refractivity contribution in [1.29, 1.82) is 0 Å². The van der Waals surface area contributed by atoms with Gasteiger partial charge in [0.05, 0.1) is 6.21 Å². The summed E-state index contributed by atoms with van der Waals surface area (Å²) in [4.78, 5) is 11.6. The molecule has 1 heterocycles. The lowest BCUT2D eigenvalue weighted by Gasteiger charge is -2.05. The third kappa shape index (κ3) is 5.22. The number of carbonyl (C=O) groups is 1. The van der Waals surface area contributed by atoms with Crippen LogP contribution >= 0.6 is 22.6 Å². The van der Waals surface area contributed by atoms with Crippen molar-refractivity contribution >= 4 is 34.7 Å². The lowest BCUT2D eigenvalue weighted by atomic mass is 10.2. The van der Waals surface area contributed by atoms with Crippen LogP contribution < -0.4 is 10.2 Å². The van der Waals surface area contributed by atoms with Crippen LogP contribution in [0.4, 0.5) is 0 Å². The van der Waals surface area contributed by atoms with Gasteiger partial charge in [-0.15, -0.1) is 0 Å². The molecule has 110 valence electrons. The van der Waals surface area contributed by atoms with E-state index in [0.717, 1.165) is 10.2 Å². The Kier molecular flexibility index (Phi) is 5.79. The minimum absolute atomic E-state index is 0.0848. The summed E-state index contributed by atoms with van der Waals surface area (Å²) in [5.41, 5.74) is 3.60. The standard InChI is InChI=1S/C15H15IN2O3/c1-2-11-3-5-12(6-4-11)20-10-15(19)18-17-9-13-7-8-14(16)21-13/h3-9H,2,10H2,1H3,(H,18,19)/b17-9+. The van der Waals surface area contributed by atoms with Gasteiger partial charge in [-0.3, -0.25) is 4.79 Å². The molecule has 2 aromatic rings. The number of carbonyl (C=O) groups excluding carboxylic acids is 1. The highest BCUT2D eigenvalue weighted by atomic mass is 127. The molecule has 0 aliphatic carbocycles. The first-order valence-corrected chi connectivity index (χ1v) is 7.54. The van der Waals surface area contributed by atoms with Gasteiger partial charge in [-0.25, -0.2) is 5.43 Å². The molecule has 0 fully saturated rings. The molecule has 0 unspecified atom stereocenters. The number of aryl methyl sites for hydroxylation is 1. The number of hydrogen-bond donors (Lipinski definition) is 1. The van der Waals surface area contributed by atoms with Crippen molar-refractivity contribution in [2.45, 2.75) is 13.3 Å². The predicted octanol–water partition coefficient (Wildman–Crippen LogP) is 2.98. The summed E-state index contributed by atoms with van der Waals surface area (Å²) in [5, 5.41) is 3.79. The Labute approximate surface area is 136 Å². The van der Waals surface area contributed by atoms with Crippen LogP contribution in [0.5, 0.6) is 5.75 Å². The Morgan fingerprint density at radius 1 is 1.33 bits per heavy atom. The van der Waals surface area contributed by atoms with Crippen molar-refractivity contribution in [2.24, 2.45) is 5.10 Å². The molecule has 0 saturated heterocycles. The van der Waals surface area contributed by atoms with Crippen LogP contribution in [-0.2, 0) is 11.2 Å². The first-order chi connectivity index (χ1) is 10.2. The highest BCUT2D eigenvalue weighted by molar-refractivity contribution is 14.1. The summed E-state index contributed by atoms with van der Waals surface area (Å²) < 4.78 is 11.4. The quantitative estimate of drug-likeness (QED) is 0.462. The zero-order chi connectivity index (χ0) is 15.1. The summed E-state index contributed by atoms with van der Waals surface area (Å²) >= 11 is 2.05. The van der Waals surface area contributed by atoms with Gasteiger partial charge in [-0.1, -0.05) is 19.1 Å². The molecule has 0 aliphatic rings. The Hall–Kier alpha value is -1.83. The molecule has 2 rings (SSSR count). The van der Waals surface area contributed by atoms with Crippen LogP contribution in [0.15, 0.2) is 45.9 Å². The van der Waals surface area contributed by atoms with Gasteiger partial charge in [0.15, 0.2) is 10.4 Å². The smallest absolute Gasteiger partial charge is 0.277 e.